The molecule has 1 atom stereocenters. The van der Waals surface area contributed by atoms with Gasteiger partial charge in [0.25, 0.3) is 0 Å². The van der Waals surface area contributed by atoms with E-state index in [4.69, 9.17) is 5.84 Å². The summed E-state index contributed by atoms with van der Waals surface area (Å²) in [6.07, 6.45) is 8.14. The zero-order chi connectivity index (χ0) is 13.7. The van der Waals surface area contributed by atoms with Gasteiger partial charge >= 0.3 is 0 Å². The lowest BCUT2D eigenvalue weighted by Crippen LogP contribution is -2.30. The quantitative estimate of drug-likeness (QED) is 0.612. The van der Waals surface area contributed by atoms with Crippen molar-refractivity contribution in [2.75, 3.05) is 0 Å². The smallest absolute Gasteiger partial charge is 0.0462 e. The number of hydrazine groups is 1. The van der Waals surface area contributed by atoms with Crippen LogP contribution in [0.15, 0.2) is 24.3 Å². The van der Waals surface area contributed by atoms with Crippen LogP contribution in [0.2, 0.25) is 0 Å². The van der Waals surface area contributed by atoms with Gasteiger partial charge in [-0.15, -0.1) is 0 Å². The summed E-state index contributed by atoms with van der Waals surface area (Å²) in [5.74, 6) is 7.21. The Balaban J connectivity index is 1.99. The Kier molecular flexibility index (Phi) is 5.41. The van der Waals surface area contributed by atoms with E-state index in [1.54, 1.807) is 0 Å². The third kappa shape index (κ3) is 4.05. The summed E-state index contributed by atoms with van der Waals surface area (Å²) in [6.45, 7) is 4.46. The molecule has 2 rings (SSSR count). The van der Waals surface area contributed by atoms with Crippen molar-refractivity contribution in [1.82, 2.24) is 5.43 Å². The Hall–Kier alpha value is -0.860. The van der Waals surface area contributed by atoms with E-state index in [9.17, 15) is 0 Å². The van der Waals surface area contributed by atoms with Crippen LogP contribution in [-0.4, -0.2) is 0 Å². The Morgan fingerprint density at radius 1 is 1.05 bits per heavy atom. The van der Waals surface area contributed by atoms with Gasteiger partial charge in [-0.25, -0.2) is 0 Å². The topological polar surface area (TPSA) is 38.0 Å². The maximum Gasteiger partial charge on any atom is 0.0462 e. The third-order valence-corrected chi connectivity index (χ3v) is 4.50. The molecule has 0 aliphatic heterocycles. The molecule has 2 heteroatoms. The van der Waals surface area contributed by atoms with Crippen molar-refractivity contribution in [1.29, 1.82) is 0 Å². The molecule has 19 heavy (non-hydrogen) atoms. The van der Waals surface area contributed by atoms with Gasteiger partial charge in [0.1, 0.15) is 0 Å². The van der Waals surface area contributed by atoms with E-state index in [1.807, 2.05) is 0 Å². The zero-order valence-electron chi connectivity index (χ0n) is 12.4. The highest BCUT2D eigenvalue weighted by atomic mass is 15.2. The van der Waals surface area contributed by atoms with Gasteiger partial charge in [0.15, 0.2) is 0 Å². The van der Waals surface area contributed by atoms with Crippen LogP contribution in [0.3, 0.4) is 0 Å². The lowest BCUT2D eigenvalue weighted by Gasteiger charge is -2.26. The summed E-state index contributed by atoms with van der Waals surface area (Å²) in [7, 11) is 0. The Bertz CT molecular complexity index is 363. The molecule has 0 radical (unpaired) electrons. The van der Waals surface area contributed by atoms with E-state index in [0.29, 0.717) is 12.0 Å². The number of rotatable bonds is 5. The molecule has 0 aromatic heterocycles. The van der Waals surface area contributed by atoms with Crippen molar-refractivity contribution >= 4 is 0 Å². The molecule has 1 saturated carbocycles. The Labute approximate surface area is 117 Å². The van der Waals surface area contributed by atoms with Gasteiger partial charge in [0.05, 0.1) is 0 Å². The minimum atomic E-state index is 0.310. The third-order valence-electron chi connectivity index (χ3n) is 4.50. The van der Waals surface area contributed by atoms with E-state index in [2.05, 4.69) is 43.5 Å². The molecule has 1 fully saturated rings. The second-order valence-corrected chi connectivity index (χ2v) is 6.28. The van der Waals surface area contributed by atoms with Crippen LogP contribution in [0.5, 0.6) is 0 Å². The van der Waals surface area contributed by atoms with Gasteiger partial charge in [-0.05, 0) is 29.4 Å². The highest BCUT2D eigenvalue weighted by molar-refractivity contribution is 5.26. The van der Waals surface area contributed by atoms with Gasteiger partial charge in [0.2, 0.25) is 0 Å². The molecular weight excluding hydrogens is 232 g/mol. The van der Waals surface area contributed by atoms with E-state index < -0.39 is 0 Å². The fourth-order valence-electron chi connectivity index (χ4n) is 3.17. The predicted octanol–water partition coefficient (Wildman–Crippen LogP) is 4.28. The monoisotopic (exact) mass is 260 g/mol. The van der Waals surface area contributed by atoms with E-state index >= 15 is 0 Å². The first-order chi connectivity index (χ1) is 9.20. The van der Waals surface area contributed by atoms with Crippen LogP contribution in [0, 0.1) is 5.92 Å². The standard InChI is InChI=1S/C17H28N2/c1-13(2)15-8-10-16(11-9-15)17(19-18)12-14-6-4-3-5-7-14/h8-11,13-14,17,19H,3-7,12,18H2,1-2H3. The summed E-state index contributed by atoms with van der Waals surface area (Å²) in [6, 6.07) is 9.27. The highest BCUT2D eigenvalue weighted by Gasteiger charge is 2.19. The molecular formula is C17H28N2. The second-order valence-electron chi connectivity index (χ2n) is 6.28. The van der Waals surface area contributed by atoms with E-state index in [0.717, 1.165) is 5.92 Å². The van der Waals surface area contributed by atoms with Crippen molar-refractivity contribution in [2.45, 2.75) is 64.3 Å². The molecule has 1 aromatic carbocycles. The maximum atomic E-state index is 5.77. The number of hydrogen-bond acceptors (Lipinski definition) is 2. The van der Waals surface area contributed by atoms with Crippen molar-refractivity contribution < 1.29 is 0 Å². The summed E-state index contributed by atoms with van der Waals surface area (Å²) < 4.78 is 0. The van der Waals surface area contributed by atoms with Crippen LogP contribution in [-0.2, 0) is 0 Å². The number of nitrogens with two attached hydrogens (primary N) is 1. The molecule has 1 aliphatic rings. The predicted molar refractivity (Wildman–Crippen MR) is 81.8 cm³/mol. The van der Waals surface area contributed by atoms with Gasteiger partial charge in [-0.3, -0.25) is 11.3 Å². The molecule has 0 spiro atoms. The lowest BCUT2D eigenvalue weighted by molar-refractivity contribution is 0.301. The van der Waals surface area contributed by atoms with Crippen molar-refractivity contribution in [3.05, 3.63) is 35.4 Å². The minimum absolute atomic E-state index is 0.310. The van der Waals surface area contributed by atoms with E-state index in [1.165, 1.54) is 49.7 Å². The normalized spacial score (nSPS) is 18.7. The average Bonchev–Trinajstić information content (AvgIpc) is 2.46. The van der Waals surface area contributed by atoms with Crippen LogP contribution in [0.25, 0.3) is 0 Å². The zero-order valence-corrected chi connectivity index (χ0v) is 12.4. The summed E-state index contributed by atoms with van der Waals surface area (Å²) >= 11 is 0. The van der Waals surface area contributed by atoms with Crippen molar-refractivity contribution in [3.8, 4) is 0 Å². The molecule has 0 bridgehead atoms. The minimum Gasteiger partial charge on any atom is -0.271 e. The largest absolute Gasteiger partial charge is 0.271 e. The first kappa shape index (κ1) is 14.5. The Morgan fingerprint density at radius 2 is 1.63 bits per heavy atom. The van der Waals surface area contributed by atoms with E-state index in [-0.39, 0.29) is 0 Å². The number of hydrogen-bond donors (Lipinski definition) is 2. The fraction of sp³-hybridized carbons (Fsp3) is 0.647. The Morgan fingerprint density at radius 3 is 2.16 bits per heavy atom. The molecule has 1 aliphatic carbocycles. The lowest BCUT2D eigenvalue weighted by atomic mass is 9.83. The first-order valence-electron chi connectivity index (χ1n) is 7.76. The SMILES string of the molecule is CC(C)c1ccc(C(CC2CCCCC2)NN)cc1. The molecule has 0 amide bonds. The molecule has 3 N–H and O–H groups in total. The molecule has 1 unspecified atom stereocenters. The first-order valence-corrected chi connectivity index (χ1v) is 7.76. The summed E-state index contributed by atoms with van der Waals surface area (Å²) in [4.78, 5) is 0. The molecule has 1 aromatic rings. The van der Waals surface area contributed by atoms with Crippen LogP contribution in [0.1, 0.15) is 75.5 Å². The number of nitrogens with one attached hydrogen (secondary N) is 1. The molecule has 2 nitrogen and oxygen atoms in total. The molecule has 0 saturated heterocycles. The summed E-state index contributed by atoms with van der Waals surface area (Å²) in [5.41, 5.74) is 5.75. The second kappa shape index (κ2) is 7.06. The van der Waals surface area contributed by atoms with Crippen LogP contribution >= 0.6 is 0 Å². The molecule has 106 valence electrons. The summed E-state index contributed by atoms with van der Waals surface area (Å²) in [5, 5.41) is 0. The van der Waals surface area contributed by atoms with Crippen molar-refractivity contribution in [2.24, 2.45) is 11.8 Å². The van der Waals surface area contributed by atoms with Crippen LogP contribution < -0.4 is 11.3 Å². The van der Waals surface area contributed by atoms with Gasteiger partial charge in [0, 0.05) is 6.04 Å². The van der Waals surface area contributed by atoms with Crippen molar-refractivity contribution in [3.63, 3.8) is 0 Å². The maximum absolute atomic E-state index is 5.77. The van der Waals surface area contributed by atoms with Gasteiger partial charge in [-0.2, -0.15) is 0 Å². The average molecular weight is 260 g/mol. The molecule has 0 heterocycles. The highest BCUT2D eigenvalue weighted by Crippen LogP contribution is 2.31. The van der Waals surface area contributed by atoms with Crippen LogP contribution in [0.4, 0.5) is 0 Å². The number of benzene rings is 1. The fourth-order valence-corrected chi connectivity index (χ4v) is 3.17. The van der Waals surface area contributed by atoms with Gasteiger partial charge in [-0.1, -0.05) is 70.2 Å². The van der Waals surface area contributed by atoms with Gasteiger partial charge < -0.3 is 0 Å².